The zero-order valence-electron chi connectivity index (χ0n) is 15.2. The molecule has 2 aromatic rings. The summed E-state index contributed by atoms with van der Waals surface area (Å²) >= 11 is 11.7. The number of carbonyl (C=O) groups excluding carboxylic acids is 2. The Balaban J connectivity index is 1.56. The van der Waals surface area contributed by atoms with Gasteiger partial charge in [0.25, 0.3) is 5.91 Å². The second-order valence-corrected chi connectivity index (χ2v) is 9.23. The number of sulfonamides is 1. The summed E-state index contributed by atoms with van der Waals surface area (Å²) in [5, 5.41) is 3.09. The van der Waals surface area contributed by atoms with Crippen LogP contribution >= 0.6 is 23.2 Å². The smallest absolute Gasteiger partial charge is 0.338 e. The number of hydrogen-bond acceptors (Lipinski definition) is 5. The lowest BCUT2D eigenvalue weighted by Crippen LogP contribution is -2.27. The number of carbonyl (C=O) groups is 2. The zero-order chi connectivity index (χ0) is 21.0. The van der Waals surface area contributed by atoms with E-state index in [-0.39, 0.29) is 20.5 Å². The van der Waals surface area contributed by atoms with E-state index in [2.05, 4.69) is 5.32 Å². The van der Waals surface area contributed by atoms with E-state index in [1.807, 2.05) is 0 Å². The average Bonchev–Trinajstić information content (AvgIpc) is 3.21. The molecular formula is C19H18Cl2N2O5S. The predicted octanol–water partition coefficient (Wildman–Crippen LogP) is 3.57. The lowest BCUT2D eigenvalue weighted by atomic mass is 10.2. The Morgan fingerprint density at radius 2 is 1.59 bits per heavy atom. The van der Waals surface area contributed by atoms with Crippen LogP contribution in [-0.2, 0) is 19.6 Å². The molecule has 1 amide bonds. The molecule has 0 saturated carbocycles. The zero-order valence-corrected chi connectivity index (χ0v) is 17.6. The van der Waals surface area contributed by atoms with Crippen molar-refractivity contribution in [3.8, 4) is 0 Å². The molecule has 1 saturated heterocycles. The maximum absolute atomic E-state index is 12.5. The first-order chi connectivity index (χ1) is 13.8. The van der Waals surface area contributed by atoms with Crippen molar-refractivity contribution in [2.75, 3.05) is 25.0 Å². The summed E-state index contributed by atoms with van der Waals surface area (Å²) in [6.07, 6.45) is 1.71. The fourth-order valence-corrected chi connectivity index (χ4v) is 4.91. The molecule has 1 N–H and O–H groups in total. The predicted molar refractivity (Wildman–Crippen MR) is 110 cm³/mol. The summed E-state index contributed by atoms with van der Waals surface area (Å²) in [6.45, 7) is 0.519. The number of benzene rings is 2. The Kier molecular flexibility index (Phi) is 6.79. The molecular weight excluding hydrogens is 439 g/mol. The molecule has 1 aliphatic rings. The third kappa shape index (κ3) is 5.48. The maximum atomic E-state index is 12.5. The lowest BCUT2D eigenvalue weighted by molar-refractivity contribution is -0.119. The molecule has 1 fully saturated rings. The Bertz CT molecular complexity index is 999. The third-order valence-corrected chi connectivity index (χ3v) is 6.62. The standard InChI is InChI=1S/C19H18Cl2N2O5S/c20-14-9-13(10-15(21)11-14)19(25)28-12-18(24)22-16-3-5-17(6-4-16)29(26,27)23-7-1-2-8-23/h3-6,9-11H,1-2,7-8,12H2,(H,22,24). The molecule has 2 aromatic carbocycles. The van der Waals surface area contributed by atoms with Crippen molar-refractivity contribution in [2.24, 2.45) is 0 Å². The second-order valence-electron chi connectivity index (χ2n) is 6.42. The molecule has 3 rings (SSSR count). The van der Waals surface area contributed by atoms with Gasteiger partial charge in [0.05, 0.1) is 10.5 Å². The van der Waals surface area contributed by atoms with Crippen LogP contribution in [0.25, 0.3) is 0 Å². The van der Waals surface area contributed by atoms with Crippen LogP contribution in [0.1, 0.15) is 23.2 Å². The van der Waals surface area contributed by atoms with Crippen LogP contribution in [0.3, 0.4) is 0 Å². The topological polar surface area (TPSA) is 92.8 Å². The minimum Gasteiger partial charge on any atom is -0.452 e. The number of hydrogen-bond donors (Lipinski definition) is 1. The SMILES string of the molecule is O=C(COC(=O)c1cc(Cl)cc(Cl)c1)Nc1ccc(S(=O)(=O)N2CCCC2)cc1. The highest BCUT2D eigenvalue weighted by molar-refractivity contribution is 7.89. The lowest BCUT2D eigenvalue weighted by Gasteiger charge is -2.15. The normalized spacial score (nSPS) is 14.6. The summed E-state index contributed by atoms with van der Waals surface area (Å²) in [5.74, 6) is -1.31. The maximum Gasteiger partial charge on any atom is 0.338 e. The van der Waals surface area contributed by atoms with Gasteiger partial charge in [-0.2, -0.15) is 4.31 Å². The number of amides is 1. The number of ether oxygens (including phenoxy) is 1. The Morgan fingerprint density at radius 3 is 2.17 bits per heavy atom. The van der Waals surface area contributed by atoms with Gasteiger partial charge in [-0.1, -0.05) is 23.2 Å². The molecule has 0 spiro atoms. The van der Waals surface area contributed by atoms with E-state index in [4.69, 9.17) is 27.9 Å². The number of nitrogens with zero attached hydrogens (tertiary/aromatic N) is 1. The largest absolute Gasteiger partial charge is 0.452 e. The molecule has 0 atom stereocenters. The number of rotatable bonds is 6. The van der Waals surface area contributed by atoms with Gasteiger partial charge < -0.3 is 10.1 Å². The fourth-order valence-electron chi connectivity index (χ4n) is 2.87. The van der Waals surface area contributed by atoms with Crippen LogP contribution < -0.4 is 5.32 Å². The van der Waals surface area contributed by atoms with E-state index in [0.717, 1.165) is 12.8 Å². The summed E-state index contributed by atoms with van der Waals surface area (Å²) in [5.41, 5.74) is 0.518. The first kappa shape index (κ1) is 21.6. The molecule has 1 aliphatic heterocycles. The van der Waals surface area contributed by atoms with E-state index < -0.39 is 28.5 Å². The molecule has 0 bridgehead atoms. The monoisotopic (exact) mass is 456 g/mol. The van der Waals surface area contributed by atoms with Gasteiger partial charge in [-0.25, -0.2) is 13.2 Å². The van der Waals surface area contributed by atoms with Crippen LogP contribution in [0, 0.1) is 0 Å². The highest BCUT2D eigenvalue weighted by Gasteiger charge is 2.26. The third-order valence-electron chi connectivity index (χ3n) is 4.27. The highest BCUT2D eigenvalue weighted by atomic mass is 35.5. The van der Waals surface area contributed by atoms with Crippen molar-refractivity contribution < 1.29 is 22.7 Å². The van der Waals surface area contributed by atoms with Crippen LogP contribution in [0.5, 0.6) is 0 Å². The molecule has 0 unspecified atom stereocenters. The van der Waals surface area contributed by atoms with Crippen LogP contribution in [-0.4, -0.2) is 44.3 Å². The van der Waals surface area contributed by atoms with Gasteiger partial charge in [-0.3, -0.25) is 4.79 Å². The number of nitrogens with one attached hydrogen (secondary N) is 1. The molecule has 29 heavy (non-hydrogen) atoms. The van der Waals surface area contributed by atoms with Gasteiger partial charge in [0.1, 0.15) is 0 Å². The molecule has 0 radical (unpaired) electrons. The number of anilines is 1. The van der Waals surface area contributed by atoms with E-state index >= 15 is 0 Å². The molecule has 1 heterocycles. The first-order valence-corrected chi connectivity index (χ1v) is 11.0. The van der Waals surface area contributed by atoms with Crippen molar-refractivity contribution in [2.45, 2.75) is 17.7 Å². The minimum absolute atomic E-state index is 0.131. The van der Waals surface area contributed by atoms with E-state index in [0.29, 0.717) is 18.8 Å². The molecule has 0 aromatic heterocycles. The van der Waals surface area contributed by atoms with Gasteiger partial charge in [0.2, 0.25) is 10.0 Å². The Morgan fingerprint density at radius 1 is 1.00 bits per heavy atom. The second kappa shape index (κ2) is 9.13. The molecule has 10 heteroatoms. The minimum atomic E-state index is -3.51. The van der Waals surface area contributed by atoms with Gasteiger partial charge in [-0.15, -0.1) is 0 Å². The summed E-state index contributed by atoms with van der Waals surface area (Å²) < 4.78 is 31.4. The van der Waals surface area contributed by atoms with Crippen molar-refractivity contribution in [3.05, 3.63) is 58.1 Å². The Labute approximate surface area is 178 Å². The van der Waals surface area contributed by atoms with Crippen molar-refractivity contribution in [1.82, 2.24) is 4.31 Å². The average molecular weight is 457 g/mol. The fraction of sp³-hybridized carbons (Fsp3) is 0.263. The Hall–Kier alpha value is -2.13. The summed E-state index contributed by atoms with van der Waals surface area (Å²) in [7, 11) is -3.51. The molecule has 154 valence electrons. The van der Waals surface area contributed by atoms with Gasteiger partial charge >= 0.3 is 5.97 Å². The molecule has 7 nitrogen and oxygen atoms in total. The highest BCUT2D eigenvalue weighted by Crippen LogP contribution is 2.22. The summed E-state index contributed by atoms with van der Waals surface area (Å²) in [6, 6.07) is 10.1. The van der Waals surface area contributed by atoms with Gasteiger partial charge in [0, 0.05) is 28.8 Å². The number of halogens is 2. The number of esters is 1. The van der Waals surface area contributed by atoms with Crippen LogP contribution in [0.2, 0.25) is 10.0 Å². The van der Waals surface area contributed by atoms with E-state index in [9.17, 15) is 18.0 Å². The van der Waals surface area contributed by atoms with Gasteiger partial charge in [0.15, 0.2) is 6.61 Å². The van der Waals surface area contributed by atoms with Gasteiger partial charge in [-0.05, 0) is 55.3 Å². The summed E-state index contributed by atoms with van der Waals surface area (Å²) in [4.78, 5) is 24.2. The molecule has 0 aliphatic carbocycles. The van der Waals surface area contributed by atoms with E-state index in [1.54, 1.807) is 0 Å². The van der Waals surface area contributed by atoms with Crippen LogP contribution in [0.15, 0.2) is 47.4 Å². The van der Waals surface area contributed by atoms with Crippen molar-refractivity contribution in [3.63, 3.8) is 0 Å². The van der Waals surface area contributed by atoms with Crippen molar-refractivity contribution in [1.29, 1.82) is 0 Å². The first-order valence-electron chi connectivity index (χ1n) is 8.79. The van der Waals surface area contributed by atoms with Crippen LogP contribution in [0.4, 0.5) is 5.69 Å². The quantitative estimate of drug-likeness (QED) is 0.670. The van der Waals surface area contributed by atoms with Crippen molar-refractivity contribution >= 4 is 50.8 Å². The van der Waals surface area contributed by atoms with E-state index in [1.165, 1.54) is 46.8 Å².